The minimum absolute atomic E-state index is 0.0548. The molecule has 0 radical (unpaired) electrons. The van der Waals surface area contributed by atoms with Gasteiger partial charge in [-0.25, -0.2) is 0 Å². The minimum Gasteiger partial charge on any atom is -0.446 e. The highest BCUT2D eigenvalue weighted by Gasteiger charge is 2.41. The lowest BCUT2D eigenvalue weighted by atomic mass is 10.3. The van der Waals surface area contributed by atoms with Gasteiger partial charge in [-0.15, -0.1) is 0 Å². The van der Waals surface area contributed by atoms with E-state index in [-0.39, 0.29) is 6.47 Å². The van der Waals surface area contributed by atoms with Crippen LogP contribution >= 0.6 is 0 Å². The van der Waals surface area contributed by atoms with E-state index in [9.17, 15) is 19.2 Å². The molecule has 0 aromatic carbocycles. The van der Waals surface area contributed by atoms with Gasteiger partial charge in [-0.2, -0.15) is 0 Å². The van der Waals surface area contributed by atoms with Crippen molar-refractivity contribution in [2.45, 2.75) is 6.10 Å². The van der Waals surface area contributed by atoms with Crippen molar-refractivity contribution < 1.29 is 23.9 Å². The van der Waals surface area contributed by atoms with Crippen LogP contribution in [0.25, 0.3) is 0 Å². The Morgan fingerprint density at radius 1 is 1.36 bits per heavy atom. The first-order chi connectivity index (χ1) is 5.16. The van der Waals surface area contributed by atoms with E-state index >= 15 is 0 Å². The molecule has 1 atom stereocenters. The van der Waals surface area contributed by atoms with Crippen molar-refractivity contribution in [1.82, 2.24) is 5.32 Å². The van der Waals surface area contributed by atoms with E-state index in [1.165, 1.54) is 0 Å². The Morgan fingerprint density at radius 3 is 2.36 bits per heavy atom. The number of hydrogen-bond acceptors (Lipinski definition) is 5. The molecule has 1 fully saturated rings. The molecule has 2 amide bonds. The summed E-state index contributed by atoms with van der Waals surface area (Å²) in [5.41, 5.74) is 0. The van der Waals surface area contributed by atoms with Crippen molar-refractivity contribution >= 4 is 24.1 Å². The van der Waals surface area contributed by atoms with E-state index in [0.29, 0.717) is 0 Å². The van der Waals surface area contributed by atoms with Crippen molar-refractivity contribution in [3.63, 3.8) is 0 Å². The number of carbonyl (C=O) groups is 4. The molecule has 0 aromatic rings. The summed E-state index contributed by atoms with van der Waals surface area (Å²) in [5.74, 6) is -2.98. The number of nitrogens with one attached hydrogen (secondary N) is 1. The summed E-state index contributed by atoms with van der Waals surface area (Å²) in [4.78, 5) is 41.2. The van der Waals surface area contributed by atoms with E-state index in [1.54, 1.807) is 5.32 Å². The molecule has 1 heterocycles. The summed E-state index contributed by atoms with van der Waals surface area (Å²) in [5, 5.41) is 1.69. The molecule has 1 aliphatic heterocycles. The van der Waals surface area contributed by atoms with Crippen molar-refractivity contribution in [2.24, 2.45) is 0 Å². The maximum absolute atomic E-state index is 10.6. The van der Waals surface area contributed by atoms with Gasteiger partial charge in [0.1, 0.15) is 0 Å². The molecule has 1 rings (SSSR count). The lowest BCUT2D eigenvalue weighted by molar-refractivity contribution is -0.149. The third-order valence-electron chi connectivity index (χ3n) is 1.13. The first kappa shape index (κ1) is 7.39. The first-order valence-electron chi connectivity index (χ1n) is 2.65. The average Bonchev–Trinajstić information content (AvgIpc) is 2.17. The molecule has 1 aliphatic rings. The largest absolute Gasteiger partial charge is 0.446 e. The summed E-state index contributed by atoms with van der Waals surface area (Å²) in [6.45, 7) is -0.0548. The molecule has 1 N–H and O–H groups in total. The zero-order valence-electron chi connectivity index (χ0n) is 5.20. The lowest BCUT2D eigenvalue weighted by Crippen LogP contribution is -2.27. The summed E-state index contributed by atoms with van der Waals surface area (Å²) >= 11 is 0. The highest BCUT2D eigenvalue weighted by atomic mass is 16.5. The number of rotatable bonds is 2. The molecule has 1 unspecified atom stereocenters. The quantitative estimate of drug-likeness (QED) is 0.212. The second kappa shape index (κ2) is 2.49. The molecule has 0 bridgehead atoms. The van der Waals surface area contributed by atoms with Crippen molar-refractivity contribution in [1.29, 1.82) is 0 Å². The molecule has 11 heavy (non-hydrogen) atoms. The predicted molar refractivity (Wildman–Crippen MR) is 29.1 cm³/mol. The number of amides is 2. The van der Waals surface area contributed by atoms with Gasteiger partial charge in [0.05, 0.1) is 0 Å². The fraction of sp³-hybridized carbons (Fsp3) is 0.200. The Bertz CT molecular complexity index is 245. The molecule has 0 aliphatic carbocycles. The van der Waals surface area contributed by atoms with Crippen molar-refractivity contribution in [2.75, 3.05) is 0 Å². The fourth-order valence-corrected chi connectivity index (χ4v) is 0.656. The third-order valence-corrected chi connectivity index (χ3v) is 1.13. The second-order valence-electron chi connectivity index (χ2n) is 1.79. The minimum atomic E-state index is -1.58. The van der Waals surface area contributed by atoms with Gasteiger partial charge in [0.15, 0.2) is 0 Å². The van der Waals surface area contributed by atoms with Crippen LogP contribution < -0.4 is 5.32 Å². The highest BCUT2D eigenvalue weighted by Crippen LogP contribution is 2.00. The maximum Gasteiger partial charge on any atom is 0.298 e. The van der Waals surface area contributed by atoms with Crippen LogP contribution in [-0.4, -0.2) is 30.2 Å². The number of hydrogen-bond donors (Lipinski definition) is 1. The topological polar surface area (TPSA) is 89.5 Å². The van der Waals surface area contributed by atoms with Gasteiger partial charge in [-0.1, -0.05) is 0 Å². The van der Waals surface area contributed by atoms with Crippen molar-refractivity contribution in [3.8, 4) is 0 Å². The smallest absolute Gasteiger partial charge is 0.298 e. The highest BCUT2D eigenvalue weighted by molar-refractivity contribution is 6.49. The van der Waals surface area contributed by atoms with Crippen molar-refractivity contribution in [3.05, 3.63) is 0 Å². The van der Waals surface area contributed by atoms with E-state index in [0.717, 1.165) is 0 Å². The van der Waals surface area contributed by atoms with Gasteiger partial charge in [0.2, 0.25) is 6.10 Å². The molecule has 0 aromatic heterocycles. The molecule has 1 saturated heterocycles. The molecule has 6 heteroatoms. The van der Waals surface area contributed by atoms with E-state index in [1.807, 2.05) is 0 Å². The van der Waals surface area contributed by atoms with Gasteiger partial charge in [-0.05, 0) is 0 Å². The summed E-state index contributed by atoms with van der Waals surface area (Å²) in [7, 11) is 0. The SMILES string of the molecule is O=COC1C(=O)NC(=O)C1=O. The normalized spacial score (nSPS) is 23.3. The Balaban J connectivity index is 2.79. The number of Topliss-reactive ketones (excluding diaryl/α,β-unsaturated/α-hetero) is 1. The molecule has 0 spiro atoms. The third kappa shape index (κ3) is 1.09. The Kier molecular flexibility index (Phi) is 1.67. The number of imide groups is 1. The second-order valence-corrected chi connectivity index (χ2v) is 1.79. The standard InChI is InChI=1S/C5H3NO5/c7-1-11-3-2(8)4(9)6-5(3)10/h1,3H,(H,6,9,10). The monoisotopic (exact) mass is 157 g/mol. The van der Waals surface area contributed by atoms with Crippen LogP contribution in [0.15, 0.2) is 0 Å². The lowest BCUT2D eigenvalue weighted by Gasteiger charge is -1.98. The summed E-state index contributed by atoms with van der Waals surface area (Å²) in [6, 6.07) is 0. The van der Waals surface area contributed by atoms with Crippen LogP contribution in [0.5, 0.6) is 0 Å². The van der Waals surface area contributed by atoms with Crippen LogP contribution in [0.4, 0.5) is 0 Å². The number of carbonyl (C=O) groups excluding carboxylic acids is 4. The summed E-state index contributed by atoms with van der Waals surface area (Å²) in [6.07, 6.45) is -1.58. The Labute approximate surface area is 60.5 Å². The maximum atomic E-state index is 10.6. The van der Waals surface area contributed by atoms with E-state index < -0.39 is 23.7 Å². The van der Waals surface area contributed by atoms with Crippen LogP contribution in [-0.2, 0) is 23.9 Å². The molecular weight excluding hydrogens is 154 g/mol. The van der Waals surface area contributed by atoms with Crippen LogP contribution in [0.2, 0.25) is 0 Å². The van der Waals surface area contributed by atoms with Crippen LogP contribution in [0.1, 0.15) is 0 Å². The molecule has 6 nitrogen and oxygen atoms in total. The molecule has 58 valence electrons. The van der Waals surface area contributed by atoms with Gasteiger partial charge < -0.3 is 4.74 Å². The van der Waals surface area contributed by atoms with Crippen LogP contribution in [0, 0.1) is 0 Å². The van der Waals surface area contributed by atoms with E-state index in [4.69, 9.17) is 0 Å². The molecular formula is C5H3NO5. The number of ether oxygens (including phenoxy) is 1. The average molecular weight is 157 g/mol. The molecule has 0 saturated carbocycles. The fourth-order valence-electron chi connectivity index (χ4n) is 0.656. The van der Waals surface area contributed by atoms with Gasteiger partial charge in [0.25, 0.3) is 24.1 Å². The number of ketones is 1. The van der Waals surface area contributed by atoms with Gasteiger partial charge in [-0.3, -0.25) is 24.5 Å². The Morgan fingerprint density at radius 2 is 2.00 bits per heavy atom. The predicted octanol–water partition coefficient (Wildman–Crippen LogP) is -2.25. The van der Waals surface area contributed by atoms with Gasteiger partial charge in [0, 0.05) is 0 Å². The zero-order chi connectivity index (χ0) is 8.43. The van der Waals surface area contributed by atoms with E-state index in [2.05, 4.69) is 4.74 Å². The van der Waals surface area contributed by atoms with Gasteiger partial charge >= 0.3 is 0 Å². The summed E-state index contributed by atoms with van der Waals surface area (Å²) < 4.78 is 4.03. The van der Waals surface area contributed by atoms with Crippen LogP contribution in [0.3, 0.4) is 0 Å². The zero-order valence-corrected chi connectivity index (χ0v) is 5.20. The first-order valence-corrected chi connectivity index (χ1v) is 2.65. The Hall–Kier alpha value is -1.72.